The molecular formula is C24H17BrN4O3. The van der Waals surface area contributed by atoms with Crippen LogP contribution in [0.4, 0.5) is 0 Å². The number of hydrogen-bond donors (Lipinski definition) is 0. The second kappa shape index (κ2) is 8.39. The molecule has 0 fully saturated rings. The Bertz CT molecular complexity index is 1460. The van der Waals surface area contributed by atoms with Gasteiger partial charge in [0, 0.05) is 15.4 Å². The van der Waals surface area contributed by atoms with E-state index in [2.05, 4.69) is 31.2 Å². The largest absolute Gasteiger partial charge is 0.494 e. The number of hydrogen-bond acceptors (Lipinski definition) is 6. The number of fused-ring (bicyclic) bond motifs is 1. The molecule has 0 unspecified atom stereocenters. The van der Waals surface area contributed by atoms with Crippen molar-refractivity contribution in [3.05, 3.63) is 87.6 Å². The number of benzene rings is 3. The lowest BCUT2D eigenvalue weighted by atomic mass is 10.1. The predicted octanol–water partition coefficient (Wildman–Crippen LogP) is 5.26. The molecule has 32 heavy (non-hydrogen) atoms. The van der Waals surface area contributed by atoms with Gasteiger partial charge in [0.15, 0.2) is 5.69 Å². The molecule has 0 radical (unpaired) electrons. The van der Waals surface area contributed by atoms with E-state index in [1.807, 2.05) is 49.4 Å². The molecule has 0 atom stereocenters. The van der Waals surface area contributed by atoms with Crippen LogP contribution < -0.4 is 10.3 Å². The monoisotopic (exact) mass is 488 g/mol. The van der Waals surface area contributed by atoms with Gasteiger partial charge in [-0.25, -0.2) is 0 Å². The van der Waals surface area contributed by atoms with Gasteiger partial charge in [-0.15, -0.1) is 0 Å². The van der Waals surface area contributed by atoms with Crippen molar-refractivity contribution in [1.29, 1.82) is 0 Å². The molecule has 0 bridgehead atoms. The first-order chi connectivity index (χ1) is 15.6. The first kappa shape index (κ1) is 20.1. The van der Waals surface area contributed by atoms with Crippen molar-refractivity contribution in [1.82, 2.24) is 19.9 Å². The quantitative estimate of drug-likeness (QED) is 0.335. The van der Waals surface area contributed by atoms with Crippen LogP contribution in [0, 0.1) is 0 Å². The molecule has 0 N–H and O–H groups in total. The Morgan fingerprint density at radius 3 is 2.41 bits per heavy atom. The van der Waals surface area contributed by atoms with Crippen LogP contribution in [0.2, 0.25) is 0 Å². The minimum absolute atomic E-state index is 0.235. The Hall–Kier alpha value is -3.78. The lowest BCUT2D eigenvalue weighted by Gasteiger charge is -2.10. The third kappa shape index (κ3) is 3.69. The Balaban J connectivity index is 1.66. The van der Waals surface area contributed by atoms with Crippen LogP contribution in [0.25, 0.3) is 39.4 Å². The fraction of sp³-hybridized carbons (Fsp3) is 0.0833. The topological polar surface area (TPSA) is 83.0 Å². The summed E-state index contributed by atoms with van der Waals surface area (Å²) in [6, 6.07) is 22.0. The van der Waals surface area contributed by atoms with Crippen molar-refractivity contribution < 1.29 is 9.26 Å². The molecule has 2 heterocycles. The number of nitrogens with zero attached hydrogens (tertiary/aromatic N) is 4. The van der Waals surface area contributed by atoms with Crippen molar-refractivity contribution in [3.63, 3.8) is 0 Å². The summed E-state index contributed by atoms with van der Waals surface area (Å²) >= 11 is 3.42. The van der Waals surface area contributed by atoms with E-state index < -0.39 is 0 Å². The minimum atomic E-state index is -0.235. The van der Waals surface area contributed by atoms with Crippen LogP contribution in [-0.2, 0) is 0 Å². The summed E-state index contributed by atoms with van der Waals surface area (Å²) in [5, 5.41) is 9.86. The van der Waals surface area contributed by atoms with Crippen LogP contribution in [0.5, 0.6) is 5.75 Å². The van der Waals surface area contributed by atoms with E-state index in [4.69, 9.17) is 9.26 Å². The Kier molecular flexibility index (Phi) is 5.28. The van der Waals surface area contributed by atoms with E-state index in [-0.39, 0.29) is 11.4 Å². The zero-order valence-corrected chi connectivity index (χ0v) is 18.6. The summed E-state index contributed by atoms with van der Waals surface area (Å²) in [6.45, 7) is 2.48. The molecule has 8 heteroatoms. The number of rotatable bonds is 5. The molecule has 0 aliphatic rings. The first-order valence-electron chi connectivity index (χ1n) is 9.99. The smallest absolute Gasteiger partial charge is 0.279 e. The maximum atomic E-state index is 13.2. The summed E-state index contributed by atoms with van der Waals surface area (Å²) in [5.41, 5.74) is 1.62. The molecule has 0 spiro atoms. The number of ether oxygens (including phenoxy) is 1. The Morgan fingerprint density at radius 1 is 0.969 bits per heavy atom. The highest BCUT2D eigenvalue weighted by Crippen LogP contribution is 2.27. The molecular weight excluding hydrogens is 472 g/mol. The predicted molar refractivity (Wildman–Crippen MR) is 125 cm³/mol. The van der Waals surface area contributed by atoms with Crippen LogP contribution in [0.3, 0.4) is 0 Å². The maximum absolute atomic E-state index is 13.2. The highest BCUT2D eigenvalue weighted by atomic mass is 79.9. The van der Waals surface area contributed by atoms with Crippen molar-refractivity contribution in [3.8, 4) is 34.4 Å². The molecule has 0 saturated heterocycles. The fourth-order valence-electron chi connectivity index (χ4n) is 3.41. The molecule has 3 aromatic carbocycles. The zero-order valence-electron chi connectivity index (χ0n) is 17.0. The summed E-state index contributed by atoms with van der Waals surface area (Å²) < 4.78 is 13.4. The highest BCUT2D eigenvalue weighted by Gasteiger charge is 2.19. The molecule has 5 aromatic rings. The summed E-state index contributed by atoms with van der Waals surface area (Å²) in [4.78, 5) is 17.7. The Labute approximate surface area is 191 Å². The molecule has 158 valence electrons. The van der Waals surface area contributed by atoms with Gasteiger partial charge in [-0.1, -0.05) is 39.3 Å². The molecule has 0 aliphatic carbocycles. The normalized spacial score (nSPS) is 11.1. The van der Waals surface area contributed by atoms with Gasteiger partial charge < -0.3 is 9.26 Å². The molecule has 5 rings (SSSR count). The second-order valence-electron chi connectivity index (χ2n) is 6.97. The minimum Gasteiger partial charge on any atom is -0.494 e. The van der Waals surface area contributed by atoms with Crippen LogP contribution in [0.15, 0.2) is 86.6 Å². The van der Waals surface area contributed by atoms with Gasteiger partial charge >= 0.3 is 0 Å². The van der Waals surface area contributed by atoms with Gasteiger partial charge in [0.05, 0.1) is 17.7 Å². The Morgan fingerprint density at radius 2 is 1.69 bits per heavy atom. The summed E-state index contributed by atoms with van der Waals surface area (Å²) in [6.07, 6.45) is 0. The van der Waals surface area contributed by atoms with Crippen LogP contribution >= 0.6 is 15.9 Å². The SMILES string of the molecule is CCOc1ccc(-n2nc(-c3nc(-c4ccc(Br)cc4)no3)c3ccccc3c2=O)cc1. The number of aromatic nitrogens is 4. The van der Waals surface area contributed by atoms with Gasteiger partial charge in [0.1, 0.15) is 5.75 Å². The standard InChI is InChI=1S/C24H17BrN4O3/c1-2-31-18-13-11-17(12-14-18)29-24(30)20-6-4-3-5-19(20)21(27-29)23-26-22(28-32-23)15-7-9-16(25)10-8-15/h3-14H,2H2,1H3. The van der Waals surface area contributed by atoms with E-state index in [1.165, 1.54) is 4.68 Å². The van der Waals surface area contributed by atoms with Gasteiger partial charge in [-0.2, -0.15) is 14.8 Å². The van der Waals surface area contributed by atoms with Crippen LogP contribution in [-0.4, -0.2) is 26.5 Å². The van der Waals surface area contributed by atoms with Crippen LogP contribution in [0.1, 0.15) is 6.92 Å². The second-order valence-corrected chi connectivity index (χ2v) is 7.88. The molecule has 0 amide bonds. The number of halogens is 1. The maximum Gasteiger partial charge on any atom is 0.279 e. The zero-order chi connectivity index (χ0) is 22.1. The lowest BCUT2D eigenvalue weighted by Crippen LogP contribution is -2.22. The molecule has 2 aromatic heterocycles. The van der Waals surface area contributed by atoms with E-state index in [0.717, 1.165) is 15.8 Å². The summed E-state index contributed by atoms with van der Waals surface area (Å²) in [5.74, 6) is 1.40. The summed E-state index contributed by atoms with van der Waals surface area (Å²) in [7, 11) is 0. The highest BCUT2D eigenvalue weighted by molar-refractivity contribution is 9.10. The fourth-order valence-corrected chi connectivity index (χ4v) is 3.67. The first-order valence-corrected chi connectivity index (χ1v) is 10.8. The van der Waals surface area contributed by atoms with E-state index in [1.54, 1.807) is 30.3 Å². The van der Waals surface area contributed by atoms with E-state index >= 15 is 0 Å². The van der Waals surface area contributed by atoms with E-state index in [9.17, 15) is 4.79 Å². The average Bonchev–Trinajstić information content (AvgIpc) is 3.31. The van der Waals surface area contributed by atoms with Crippen molar-refractivity contribution in [2.45, 2.75) is 6.92 Å². The molecule has 0 aliphatic heterocycles. The third-order valence-electron chi connectivity index (χ3n) is 4.93. The van der Waals surface area contributed by atoms with Gasteiger partial charge in [0.25, 0.3) is 11.4 Å². The van der Waals surface area contributed by atoms with Crippen molar-refractivity contribution in [2.24, 2.45) is 0 Å². The van der Waals surface area contributed by atoms with Crippen molar-refractivity contribution >= 4 is 26.7 Å². The van der Waals surface area contributed by atoms with Crippen molar-refractivity contribution in [2.75, 3.05) is 6.61 Å². The van der Waals surface area contributed by atoms with Gasteiger partial charge in [0.2, 0.25) is 5.82 Å². The van der Waals surface area contributed by atoms with E-state index in [0.29, 0.717) is 34.6 Å². The average molecular weight is 489 g/mol. The van der Waals surface area contributed by atoms with Gasteiger partial charge in [-0.3, -0.25) is 4.79 Å². The molecule has 7 nitrogen and oxygen atoms in total. The van der Waals surface area contributed by atoms with Gasteiger partial charge in [-0.05, 0) is 61.5 Å². The lowest BCUT2D eigenvalue weighted by molar-refractivity contribution is 0.340. The molecule has 0 saturated carbocycles. The third-order valence-corrected chi connectivity index (χ3v) is 5.46.